The molecule has 0 radical (unpaired) electrons. The van der Waals surface area contributed by atoms with Gasteiger partial charge in [-0.05, 0) is 17.8 Å². The summed E-state index contributed by atoms with van der Waals surface area (Å²) in [6.07, 6.45) is 0. The van der Waals surface area contributed by atoms with Crippen LogP contribution >= 0.6 is 35.0 Å². The molecule has 0 saturated heterocycles. The van der Waals surface area contributed by atoms with Gasteiger partial charge >= 0.3 is 0 Å². The number of hydrogen-bond donors (Lipinski definition) is 2. The van der Waals surface area contributed by atoms with E-state index in [0.29, 0.717) is 32.0 Å². The van der Waals surface area contributed by atoms with Crippen molar-refractivity contribution < 1.29 is 4.42 Å². The van der Waals surface area contributed by atoms with Crippen molar-refractivity contribution in [2.75, 3.05) is 5.43 Å². The SMILES string of the molecule is Cc1nnc(Sc2nc(NN)c(Cl)cc2Cl)o1. The van der Waals surface area contributed by atoms with E-state index in [4.69, 9.17) is 33.5 Å². The topological polar surface area (TPSA) is 89.9 Å². The summed E-state index contributed by atoms with van der Waals surface area (Å²) in [4.78, 5) is 4.13. The van der Waals surface area contributed by atoms with E-state index < -0.39 is 0 Å². The number of nitrogen functional groups attached to an aromatic ring is 1. The average Bonchev–Trinajstić information content (AvgIpc) is 2.68. The first kappa shape index (κ1) is 12.4. The Labute approximate surface area is 111 Å². The molecule has 17 heavy (non-hydrogen) atoms. The minimum absolute atomic E-state index is 0.329. The number of anilines is 1. The molecule has 0 aliphatic heterocycles. The number of aryl methyl sites for hydroxylation is 1. The normalized spacial score (nSPS) is 10.6. The predicted molar refractivity (Wildman–Crippen MR) is 65.2 cm³/mol. The van der Waals surface area contributed by atoms with Gasteiger partial charge in [0.05, 0.1) is 10.0 Å². The fraction of sp³-hybridized carbons (Fsp3) is 0.125. The highest BCUT2D eigenvalue weighted by atomic mass is 35.5. The number of hydrogen-bond acceptors (Lipinski definition) is 7. The summed E-state index contributed by atoms with van der Waals surface area (Å²) in [6.45, 7) is 1.70. The van der Waals surface area contributed by atoms with E-state index in [9.17, 15) is 0 Å². The molecule has 0 aliphatic carbocycles. The van der Waals surface area contributed by atoms with Crippen LogP contribution < -0.4 is 11.3 Å². The largest absolute Gasteiger partial charge is 0.416 e. The van der Waals surface area contributed by atoms with Gasteiger partial charge in [0.2, 0.25) is 5.89 Å². The molecular formula is C8H7Cl2N5OS. The van der Waals surface area contributed by atoms with Crippen LogP contribution in [0.25, 0.3) is 0 Å². The van der Waals surface area contributed by atoms with Crippen molar-refractivity contribution in [1.29, 1.82) is 0 Å². The first-order valence-electron chi connectivity index (χ1n) is 4.40. The van der Waals surface area contributed by atoms with Gasteiger partial charge in [0.15, 0.2) is 5.82 Å². The molecule has 0 bridgehead atoms. The molecule has 9 heteroatoms. The third kappa shape index (κ3) is 2.81. The maximum Gasteiger partial charge on any atom is 0.282 e. The van der Waals surface area contributed by atoms with Crippen LogP contribution in [0.5, 0.6) is 0 Å². The van der Waals surface area contributed by atoms with Crippen molar-refractivity contribution in [2.45, 2.75) is 17.2 Å². The second-order valence-corrected chi connectivity index (χ2v) is 4.69. The molecule has 0 saturated carbocycles. The maximum absolute atomic E-state index is 5.99. The van der Waals surface area contributed by atoms with Crippen molar-refractivity contribution in [3.05, 3.63) is 22.0 Å². The standard InChI is InChI=1S/C8H7Cl2N5OS/c1-3-14-15-8(16-3)17-7-5(10)2-4(9)6(12-7)13-11/h2H,11H2,1H3,(H,12,13). The van der Waals surface area contributed by atoms with Crippen LogP contribution in [-0.4, -0.2) is 15.2 Å². The van der Waals surface area contributed by atoms with Crippen LogP contribution in [0.15, 0.2) is 20.7 Å². The second-order valence-electron chi connectivity index (χ2n) is 2.94. The highest BCUT2D eigenvalue weighted by Crippen LogP contribution is 2.34. The third-order valence-electron chi connectivity index (χ3n) is 1.73. The van der Waals surface area contributed by atoms with Gasteiger partial charge in [-0.25, -0.2) is 10.8 Å². The van der Waals surface area contributed by atoms with Crippen LogP contribution in [0.2, 0.25) is 10.0 Å². The summed E-state index contributed by atoms with van der Waals surface area (Å²) >= 11 is 13.0. The molecule has 0 aliphatic rings. The van der Waals surface area contributed by atoms with E-state index in [1.807, 2.05) is 0 Å². The van der Waals surface area contributed by atoms with Crippen LogP contribution in [0.4, 0.5) is 5.82 Å². The third-order valence-corrected chi connectivity index (χ3v) is 3.26. The lowest BCUT2D eigenvalue weighted by molar-refractivity contribution is 0.429. The van der Waals surface area contributed by atoms with Crippen molar-refractivity contribution in [2.24, 2.45) is 5.84 Å². The Kier molecular flexibility index (Phi) is 3.72. The van der Waals surface area contributed by atoms with Crippen molar-refractivity contribution in [3.8, 4) is 0 Å². The fourth-order valence-corrected chi connectivity index (χ4v) is 2.26. The van der Waals surface area contributed by atoms with E-state index in [2.05, 4.69) is 20.6 Å². The predicted octanol–water partition coefficient (Wildman–Crippen LogP) is 2.52. The van der Waals surface area contributed by atoms with Gasteiger partial charge in [-0.1, -0.05) is 23.2 Å². The van der Waals surface area contributed by atoms with Gasteiger partial charge in [-0.2, -0.15) is 0 Å². The summed E-state index contributed by atoms with van der Waals surface area (Å²) in [7, 11) is 0. The molecule has 2 aromatic rings. The molecule has 3 N–H and O–H groups in total. The van der Waals surface area contributed by atoms with Crippen LogP contribution in [0, 0.1) is 6.92 Å². The van der Waals surface area contributed by atoms with Gasteiger partial charge in [-0.3, -0.25) is 0 Å². The highest BCUT2D eigenvalue weighted by molar-refractivity contribution is 7.99. The van der Waals surface area contributed by atoms with Gasteiger partial charge in [0.1, 0.15) is 5.03 Å². The Bertz CT molecular complexity index is 547. The molecule has 0 unspecified atom stereocenters. The first-order valence-corrected chi connectivity index (χ1v) is 5.98. The summed E-state index contributed by atoms with van der Waals surface area (Å²) in [5.41, 5.74) is 2.37. The second kappa shape index (κ2) is 5.09. The number of pyridine rings is 1. The Balaban J connectivity index is 2.32. The van der Waals surface area contributed by atoms with Crippen LogP contribution in [-0.2, 0) is 0 Å². The molecule has 0 amide bonds. The molecule has 6 nitrogen and oxygen atoms in total. The maximum atomic E-state index is 5.99. The molecule has 2 rings (SSSR count). The lowest BCUT2D eigenvalue weighted by Gasteiger charge is -2.05. The zero-order valence-electron chi connectivity index (χ0n) is 8.57. The van der Waals surface area contributed by atoms with Crippen LogP contribution in [0.1, 0.15) is 5.89 Å². The molecule has 2 heterocycles. The minimum Gasteiger partial charge on any atom is -0.416 e. The van der Waals surface area contributed by atoms with Gasteiger partial charge in [0.25, 0.3) is 5.22 Å². The van der Waals surface area contributed by atoms with E-state index >= 15 is 0 Å². The van der Waals surface area contributed by atoms with E-state index in [1.54, 1.807) is 6.92 Å². The first-order chi connectivity index (χ1) is 8.10. The zero-order valence-corrected chi connectivity index (χ0v) is 10.9. The summed E-state index contributed by atoms with van der Waals surface area (Å²) in [5.74, 6) is 6.06. The summed E-state index contributed by atoms with van der Waals surface area (Å²) in [6, 6.07) is 1.54. The van der Waals surface area contributed by atoms with E-state index in [0.717, 1.165) is 11.8 Å². The van der Waals surface area contributed by atoms with Crippen molar-refractivity contribution in [3.63, 3.8) is 0 Å². The lowest BCUT2D eigenvalue weighted by atomic mass is 10.4. The van der Waals surface area contributed by atoms with Gasteiger partial charge in [0, 0.05) is 6.92 Å². The number of nitrogens with two attached hydrogens (primary N) is 1. The number of halogens is 2. The van der Waals surface area contributed by atoms with E-state index in [1.165, 1.54) is 6.07 Å². The lowest BCUT2D eigenvalue weighted by Crippen LogP contribution is -2.09. The molecule has 0 atom stereocenters. The van der Waals surface area contributed by atoms with Gasteiger partial charge < -0.3 is 9.84 Å². The van der Waals surface area contributed by atoms with E-state index in [-0.39, 0.29) is 0 Å². The zero-order chi connectivity index (χ0) is 12.4. The molecular weight excluding hydrogens is 285 g/mol. The molecule has 0 aromatic carbocycles. The highest BCUT2D eigenvalue weighted by Gasteiger charge is 2.13. The molecule has 0 spiro atoms. The number of hydrazine groups is 1. The smallest absolute Gasteiger partial charge is 0.282 e. The number of nitrogens with zero attached hydrogens (tertiary/aromatic N) is 3. The number of aromatic nitrogens is 3. The van der Waals surface area contributed by atoms with Gasteiger partial charge in [-0.15, -0.1) is 10.2 Å². The average molecular weight is 292 g/mol. The Morgan fingerprint density at radius 1 is 1.35 bits per heavy atom. The number of rotatable bonds is 3. The monoisotopic (exact) mass is 291 g/mol. The Morgan fingerprint density at radius 3 is 2.71 bits per heavy atom. The fourth-order valence-electron chi connectivity index (χ4n) is 1.02. The van der Waals surface area contributed by atoms with Crippen molar-refractivity contribution in [1.82, 2.24) is 15.2 Å². The Morgan fingerprint density at radius 2 is 2.12 bits per heavy atom. The quantitative estimate of drug-likeness (QED) is 0.663. The summed E-state index contributed by atoms with van der Waals surface area (Å²) in [5, 5.41) is 9.07. The summed E-state index contributed by atoms with van der Waals surface area (Å²) < 4.78 is 5.20. The van der Waals surface area contributed by atoms with Crippen molar-refractivity contribution >= 4 is 40.8 Å². The number of nitrogens with one attached hydrogen (secondary N) is 1. The molecule has 2 aromatic heterocycles. The molecule has 90 valence electrons. The minimum atomic E-state index is 0.329. The van der Waals surface area contributed by atoms with Crippen LogP contribution in [0.3, 0.4) is 0 Å². The molecule has 0 fully saturated rings. The Hall–Kier alpha value is -1.02.